The summed E-state index contributed by atoms with van der Waals surface area (Å²) in [5, 5.41) is 17.9. The van der Waals surface area contributed by atoms with E-state index < -0.39 is 0 Å². The fourth-order valence-electron chi connectivity index (χ4n) is 2.72. The number of amides is 1. The first kappa shape index (κ1) is 20.6. The first-order valence-electron chi connectivity index (χ1n) is 9.20. The number of nitrogens with one attached hydrogen (secondary N) is 1. The van der Waals surface area contributed by atoms with Crippen molar-refractivity contribution in [1.29, 1.82) is 0 Å². The van der Waals surface area contributed by atoms with Crippen LogP contribution in [-0.2, 0) is 24.3 Å². The van der Waals surface area contributed by atoms with Crippen LogP contribution in [0.2, 0.25) is 5.02 Å². The molecule has 0 radical (unpaired) electrons. The van der Waals surface area contributed by atoms with E-state index in [1.54, 1.807) is 16.0 Å². The number of benzene rings is 1. The van der Waals surface area contributed by atoms with Crippen molar-refractivity contribution in [2.24, 2.45) is 0 Å². The average molecular weight is 460 g/mol. The summed E-state index contributed by atoms with van der Waals surface area (Å²) >= 11 is 8.93. The lowest BCUT2D eigenvalue weighted by Gasteiger charge is -2.05. The third-order valence-electron chi connectivity index (χ3n) is 4.23. The van der Waals surface area contributed by atoms with E-state index in [9.17, 15) is 4.79 Å². The second-order valence-electron chi connectivity index (χ2n) is 6.35. The van der Waals surface area contributed by atoms with Gasteiger partial charge in [-0.3, -0.25) is 4.79 Å². The molecule has 0 spiro atoms. The van der Waals surface area contributed by atoms with Crippen molar-refractivity contribution in [2.75, 3.05) is 5.75 Å². The number of thioether (sulfide) groups is 1. The predicted octanol–water partition coefficient (Wildman–Crippen LogP) is 4.30. The summed E-state index contributed by atoms with van der Waals surface area (Å²) in [5.41, 5.74) is 0.932. The highest BCUT2D eigenvalue weighted by Gasteiger charge is 2.11. The van der Waals surface area contributed by atoms with Gasteiger partial charge in [-0.25, -0.2) is 4.68 Å². The van der Waals surface area contributed by atoms with Crippen LogP contribution in [0.5, 0.6) is 0 Å². The Morgan fingerprint density at radius 2 is 2.07 bits per heavy atom. The number of hydrogen-bond acceptors (Lipinski definition) is 7. The SMILES string of the molecule is O=C(CSc1nnnn1CCc1cccs1)NCc1ccc(-c2ccc(Cl)cc2)o1. The van der Waals surface area contributed by atoms with Crippen LogP contribution >= 0.6 is 34.7 Å². The Morgan fingerprint density at radius 1 is 1.20 bits per heavy atom. The van der Waals surface area contributed by atoms with Crippen LogP contribution in [0, 0.1) is 0 Å². The van der Waals surface area contributed by atoms with Gasteiger partial charge in [0, 0.05) is 21.9 Å². The number of furan rings is 1. The first-order valence-corrected chi connectivity index (χ1v) is 11.4. The van der Waals surface area contributed by atoms with Crippen LogP contribution in [0.4, 0.5) is 0 Å². The van der Waals surface area contributed by atoms with E-state index in [1.807, 2.05) is 47.8 Å². The van der Waals surface area contributed by atoms with Gasteiger partial charge < -0.3 is 9.73 Å². The molecule has 0 fully saturated rings. The molecule has 154 valence electrons. The molecule has 7 nitrogen and oxygen atoms in total. The van der Waals surface area contributed by atoms with E-state index in [4.69, 9.17) is 16.0 Å². The van der Waals surface area contributed by atoms with Crippen molar-refractivity contribution in [3.63, 3.8) is 0 Å². The minimum Gasteiger partial charge on any atom is -0.459 e. The number of carbonyl (C=O) groups is 1. The molecular weight excluding hydrogens is 442 g/mol. The van der Waals surface area contributed by atoms with Gasteiger partial charge in [-0.15, -0.1) is 16.4 Å². The molecule has 0 aliphatic carbocycles. The Balaban J connectivity index is 1.24. The van der Waals surface area contributed by atoms with Crippen molar-refractivity contribution >= 4 is 40.6 Å². The number of nitrogens with zero attached hydrogens (tertiary/aromatic N) is 4. The Labute approximate surface area is 186 Å². The zero-order chi connectivity index (χ0) is 20.8. The van der Waals surface area contributed by atoms with Crippen LogP contribution in [-0.4, -0.2) is 31.9 Å². The zero-order valence-corrected chi connectivity index (χ0v) is 18.2. The molecular formula is C20H18ClN5O2S2. The van der Waals surface area contributed by atoms with Crippen LogP contribution < -0.4 is 5.32 Å². The molecule has 30 heavy (non-hydrogen) atoms. The molecule has 0 aliphatic heterocycles. The van der Waals surface area contributed by atoms with Crippen molar-refractivity contribution in [3.05, 3.63) is 69.6 Å². The number of rotatable bonds is 9. The number of tetrazole rings is 1. The van der Waals surface area contributed by atoms with E-state index in [0.29, 0.717) is 29.0 Å². The summed E-state index contributed by atoms with van der Waals surface area (Å²) in [6.45, 7) is 0.994. The van der Waals surface area contributed by atoms with Crippen molar-refractivity contribution in [2.45, 2.75) is 24.7 Å². The maximum absolute atomic E-state index is 12.2. The van der Waals surface area contributed by atoms with Gasteiger partial charge in [0.15, 0.2) is 0 Å². The number of aromatic nitrogens is 4. The predicted molar refractivity (Wildman–Crippen MR) is 118 cm³/mol. The molecule has 0 saturated heterocycles. The number of halogens is 1. The molecule has 4 aromatic rings. The number of aryl methyl sites for hydroxylation is 2. The minimum absolute atomic E-state index is 0.114. The van der Waals surface area contributed by atoms with Gasteiger partial charge >= 0.3 is 0 Å². The Bertz CT molecular complexity index is 1090. The Kier molecular flexibility index (Phi) is 6.83. The molecule has 10 heteroatoms. The standard InChI is InChI=1S/C20H18ClN5O2S2/c21-15-5-3-14(4-6-15)18-8-7-16(28-18)12-22-19(27)13-30-20-23-24-25-26(20)10-9-17-2-1-11-29-17/h1-8,11H,9-10,12-13H2,(H,22,27). The summed E-state index contributed by atoms with van der Waals surface area (Å²) in [4.78, 5) is 13.5. The van der Waals surface area contributed by atoms with Gasteiger partial charge in [0.2, 0.25) is 11.1 Å². The smallest absolute Gasteiger partial charge is 0.230 e. The van der Waals surface area contributed by atoms with Crippen LogP contribution in [0.1, 0.15) is 10.6 Å². The molecule has 0 atom stereocenters. The molecule has 3 aromatic heterocycles. The van der Waals surface area contributed by atoms with Crippen molar-refractivity contribution < 1.29 is 9.21 Å². The summed E-state index contributed by atoms with van der Waals surface area (Å²) in [5.74, 6) is 1.52. The molecule has 4 rings (SSSR count). The fraction of sp³-hybridized carbons (Fsp3) is 0.200. The Morgan fingerprint density at radius 3 is 2.87 bits per heavy atom. The normalized spacial score (nSPS) is 11.0. The number of hydrogen-bond donors (Lipinski definition) is 1. The molecule has 0 unspecified atom stereocenters. The highest BCUT2D eigenvalue weighted by Crippen LogP contribution is 2.24. The summed E-state index contributed by atoms with van der Waals surface area (Å²) in [6, 6.07) is 15.2. The second kappa shape index (κ2) is 9.92. The largest absolute Gasteiger partial charge is 0.459 e. The lowest BCUT2D eigenvalue weighted by molar-refractivity contribution is -0.118. The summed E-state index contributed by atoms with van der Waals surface area (Å²) in [7, 11) is 0. The van der Waals surface area contributed by atoms with Crippen molar-refractivity contribution in [3.8, 4) is 11.3 Å². The van der Waals surface area contributed by atoms with Gasteiger partial charge in [-0.05, 0) is 58.3 Å². The third-order valence-corrected chi connectivity index (χ3v) is 6.38. The highest BCUT2D eigenvalue weighted by molar-refractivity contribution is 7.99. The number of thiophene rings is 1. The van der Waals surface area contributed by atoms with Gasteiger partial charge in [0.05, 0.1) is 18.8 Å². The molecule has 0 saturated carbocycles. The van der Waals surface area contributed by atoms with Crippen molar-refractivity contribution in [1.82, 2.24) is 25.5 Å². The lowest BCUT2D eigenvalue weighted by Crippen LogP contribution is -2.24. The average Bonchev–Trinajstić information content (AvgIpc) is 3.52. The molecule has 0 aliphatic rings. The van der Waals surface area contributed by atoms with E-state index in [1.165, 1.54) is 16.6 Å². The van der Waals surface area contributed by atoms with E-state index in [0.717, 1.165) is 17.7 Å². The highest BCUT2D eigenvalue weighted by atomic mass is 35.5. The van der Waals surface area contributed by atoms with Gasteiger partial charge in [0.25, 0.3) is 0 Å². The topological polar surface area (TPSA) is 85.8 Å². The van der Waals surface area contributed by atoms with Crippen LogP contribution in [0.15, 0.2) is 63.5 Å². The zero-order valence-electron chi connectivity index (χ0n) is 15.8. The van der Waals surface area contributed by atoms with Gasteiger partial charge in [-0.1, -0.05) is 29.4 Å². The molecule has 0 bridgehead atoms. The van der Waals surface area contributed by atoms with E-state index >= 15 is 0 Å². The van der Waals surface area contributed by atoms with Gasteiger partial charge in [-0.2, -0.15) is 0 Å². The maximum atomic E-state index is 12.2. The van der Waals surface area contributed by atoms with E-state index in [2.05, 4.69) is 26.9 Å². The maximum Gasteiger partial charge on any atom is 0.230 e. The van der Waals surface area contributed by atoms with E-state index in [-0.39, 0.29) is 11.7 Å². The van der Waals surface area contributed by atoms with Crippen LogP contribution in [0.3, 0.4) is 0 Å². The molecule has 3 heterocycles. The number of carbonyl (C=O) groups excluding carboxylic acids is 1. The summed E-state index contributed by atoms with van der Waals surface area (Å²) < 4.78 is 7.52. The second-order valence-corrected chi connectivity index (χ2v) is 8.76. The third kappa shape index (κ3) is 5.50. The first-order chi connectivity index (χ1) is 14.7. The van der Waals surface area contributed by atoms with Crippen LogP contribution in [0.25, 0.3) is 11.3 Å². The monoisotopic (exact) mass is 459 g/mol. The quantitative estimate of drug-likeness (QED) is 0.375. The summed E-state index contributed by atoms with van der Waals surface area (Å²) in [6.07, 6.45) is 0.858. The lowest BCUT2D eigenvalue weighted by atomic mass is 10.2. The fourth-order valence-corrected chi connectivity index (χ4v) is 4.28. The molecule has 1 amide bonds. The van der Waals surface area contributed by atoms with Gasteiger partial charge in [0.1, 0.15) is 11.5 Å². The Hall–Kier alpha value is -2.62. The molecule has 1 aromatic carbocycles. The molecule has 1 N–H and O–H groups in total. The minimum atomic E-state index is -0.114.